The zero-order chi connectivity index (χ0) is 48.6. The van der Waals surface area contributed by atoms with Gasteiger partial charge in [-0.05, 0) is 77.0 Å². The molecule has 0 aliphatic heterocycles. The lowest BCUT2D eigenvalue weighted by Crippen LogP contribution is -2.45. The standard InChI is InChI=1S/C61H115NO5/c1-3-5-7-9-11-13-15-31-35-39-43-47-51-55-61(66)67-56-52-48-44-40-36-33-30-28-26-24-22-20-18-16-17-19-21-23-25-27-29-32-34-38-42-46-50-54-60(65)62-58(57-63)59(64)53-49-45-41-37-14-12-10-8-6-4-2/h7,9,13,15-17,58-59,63-64H,3-6,8,10-12,14,18-57H2,1-2H3,(H,62,65)/b9-7-,15-13-,17-16-. The quantitative estimate of drug-likeness (QED) is 0.0321. The number of carbonyl (C=O) groups excluding carboxylic acids is 2. The summed E-state index contributed by atoms with van der Waals surface area (Å²) < 4.78 is 5.47. The fraction of sp³-hybridized carbons (Fsp3) is 0.869. The summed E-state index contributed by atoms with van der Waals surface area (Å²) in [6.45, 7) is 4.87. The summed E-state index contributed by atoms with van der Waals surface area (Å²) >= 11 is 0. The van der Waals surface area contributed by atoms with Crippen molar-refractivity contribution in [3.63, 3.8) is 0 Å². The third kappa shape index (κ3) is 53.3. The van der Waals surface area contributed by atoms with Gasteiger partial charge in [0.25, 0.3) is 0 Å². The molecule has 2 atom stereocenters. The van der Waals surface area contributed by atoms with Crippen LogP contribution in [0.1, 0.15) is 316 Å². The third-order valence-corrected chi connectivity index (χ3v) is 13.6. The van der Waals surface area contributed by atoms with Gasteiger partial charge in [-0.15, -0.1) is 0 Å². The van der Waals surface area contributed by atoms with Gasteiger partial charge in [0.1, 0.15) is 0 Å². The van der Waals surface area contributed by atoms with E-state index in [1.165, 1.54) is 231 Å². The van der Waals surface area contributed by atoms with Gasteiger partial charge in [0.05, 0.1) is 25.4 Å². The van der Waals surface area contributed by atoms with E-state index in [0.29, 0.717) is 25.9 Å². The number of rotatable bonds is 55. The van der Waals surface area contributed by atoms with Crippen LogP contribution in [0.15, 0.2) is 36.5 Å². The number of esters is 1. The smallest absolute Gasteiger partial charge is 0.305 e. The molecule has 0 radical (unpaired) electrons. The average molecular weight is 943 g/mol. The minimum Gasteiger partial charge on any atom is -0.466 e. The molecule has 6 heteroatoms. The first-order valence-corrected chi connectivity index (χ1v) is 29.7. The van der Waals surface area contributed by atoms with Crippen molar-refractivity contribution in [1.82, 2.24) is 5.32 Å². The number of aliphatic hydroxyl groups is 2. The molecule has 3 N–H and O–H groups in total. The topological polar surface area (TPSA) is 95.9 Å². The molecule has 0 saturated carbocycles. The molecule has 67 heavy (non-hydrogen) atoms. The maximum Gasteiger partial charge on any atom is 0.305 e. The zero-order valence-electron chi connectivity index (χ0n) is 44.9. The van der Waals surface area contributed by atoms with Gasteiger partial charge >= 0.3 is 5.97 Å². The molecule has 6 nitrogen and oxygen atoms in total. The highest BCUT2D eigenvalue weighted by Gasteiger charge is 2.20. The molecule has 2 unspecified atom stereocenters. The number of unbranched alkanes of at least 4 members (excludes halogenated alkanes) is 38. The van der Waals surface area contributed by atoms with E-state index in [9.17, 15) is 19.8 Å². The molecule has 0 rings (SSSR count). The maximum absolute atomic E-state index is 12.4. The fourth-order valence-corrected chi connectivity index (χ4v) is 9.08. The van der Waals surface area contributed by atoms with E-state index in [1.54, 1.807) is 0 Å². The summed E-state index contributed by atoms with van der Waals surface area (Å²) in [5.41, 5.74) is 0. The van der Waals surface area contributed by atoms with Gasteiger partial charge in [0.2, 0.25) is 5.91 Å². The van der Waals surface area contributed by atoms with Crippen LogP contribution in [0, 0.1) is 0 Å². The van der Waals surface area contributed by atoms with Gasteiger partial charge in [-0.25, -0.2) is 0 Å². The highest BCUT2D eigenvalue weighted by atomic mass is 16.5. The lowest BCUT2D eigenvalue weighted by molar-refractivity contribution is -0.143. The van der Waals surface area contributed by atoms with Crippen LogP contribution in [0.3, 0.4) is 0 Å². The van der Waals surface area contributed by atoms with Crippen molar-refractivity contribution < 1.29 is 24.5 Å². The molecule has 0 heterocycles. The molecule has 0 bridgehead atoms. The number of allylic oxidation sites excluding steroid dienone is 6. The van der Waals surface area contributed by atoms with Crippen molar-refractivity contribution in [2.45, 2.75) is 328 Å². The van der Waals surface area contributed by atoms with E-state index in [4.69, 9.17) is 4.74 Å². The third-order valence-electron chi connectivity index (χ3n) is 13.6. The van der Waals surface area contributed by atoms with Crippen LogP contribution in [0.2, 0.25) is 0 Å². The van der Waals surface area contributed by atoms with Gasteiger partial charge in [-0.2, -0.15) is 0 Å². The minimum absolute atomic E-state index is 0.000601. The molecule has 0 fully saturated rings. The van der Waals surface area contributed by atoms with E-state index in [-0.39, 0.29) is 18.5 Å². The van der Waals surface area contributed by atoms with E-state index in [1.807, 2.05) is 0 Å². The van der Waals surface area contributed by atoms with Crippen molar-refractivity contribution in [1.29, 1.82) is 0 Å². The Morgan fingerprint density at radius 2 is 0.776 bits per heavy atom. The van der Waals surface area contributed by atoms with Crippen LogP contribution >= 0.6 is 0 Å². The van der Waals surface area contributed by atoms with Crippen LogP contribution in [0.25, 0.3) is 0 Å². The largest absolute Gasteiger partial charge is 0.466 e. The van der Waals surface area contributed by atoms with Gasteiger partial charge in [0, 0.05) is 12.8 Å². The van der Waals surface area contributed by atoms with E-state index < -0.39 is 12.1 Å². The molecule has 0 saturated heterocycles. The van der Waals surface area contributed by atoms with Crippen molar-refractivity contribution in [3.05, 3.63) is 36.5 Å². The summed E-state index contributed by atoms with van der Waals surface area (Å²) in [5.74, 6) is -0.0378. The van der Waals surface area contributed by atoms with Crippen LogP contribution in [-0.2, 0) is 14.3 Å². The molecule has 1 amide bonds. The second-order valence-corrected chi connectivity index (χ2v) is 20.3. The Morgan fingerprint density at radius 1 is 0.418 bits per heavy atom. The predicted molar refractivity (Wildman–Crippen MR) is 292 cm³/mol. The first kappa shape index (κ1) is 65.1. The van der Waals surface area contributed by atoms with Crippen molar-refractivity contribution >= 4 is 11.9 Å². The Balaban J connectivity index is 3.37. The Labute approximate surface area is 417 Å². The summed E-state index contributed by atoms with van der Waals surface area (Å²) in [6.07, 6.45) is 70.2. The summed E-state index contributed by atoms with van der Waals surface area (Å²) in [4.78, 5) is 24.4. The fourth-order valence-electron chi connectivity index (χ4n) is 9.08. The molecule has 0 aliphatic carbocycles. The first-order chi connectivity index (χ1) is 33.0. The Bertz CT molecular complexity index is 1090. The van der Waals surface area contributed by atoms with Crippen molar-refractivity contribution in [2.75, 3.05) is 13.2 Å². The molecular formula is C61H115NO5. The Morgan fingerprint density at radius 3 is 1.21 bits per heavy atom. The lowest BCUT2D eigenvalue weighted by Gasteiger charge is -2.22. The highest BCUT2D eigenvalue weighted by molar-refractivity contribution is 5.76. The van der Waals surface area contributed by atoms with Gasteiger partial charge in [-0.3, -0.25) is 9.59 Å². The number of hydrogen-bond donors (Lipinski definition) is 3. The van der Waals surface area contributed by atoms with E-state index in [0.717, 1.165) is 51.4 Å². The van der Waals surface area contributed by atoms with Crippen molar-refractivity contribution in [3.8, 4) is 0 Å². The zero-order valence-corrected chi connectivity index (χ0v) is 44.9. The number of amides is 1. The van der Waals surface area contributed by atoms with Crippen LogP contribution in [-0.4, -0.2) is 47.4 Å². The number of hydrogen-bond acceptors (Lipinski definition) is 5. The second-order valence-electron chi connectivity index (χ2n) is 20.3. The molecule has 394 valence electrons. The molecule has 0 aliphatic rings. The van der Waals surface area contributed by atoms with Gasteiger partial charge in [0.15, 0.2) is 0 Å². The number of ether oxygens (including phenoxy) is 1. The summed E-state index contributed by atoms with van der Waals surface area (Å²) in [7, 11) is 0. The Hall–Kier alpha value is -1.92. The van der Waals surface area contributed by atoms with Crippen molar-refractivity contribution in [2.24, 2.45) is 0 Å². The lowest BCUT2D eigenvalue weighted by atomic mass is 10.0. The number of carbonyl (C=O) groups is 2. The predicted octanol–water partition coefficient (Wildman–Crippen LogP) is 18.4. The maximum atomic E-state index is 12.4. The average Bonchev–Trinajstić information content (AvgIpc) is 3.33. The molecule has 0 aromatic carbocycles. The number of aliphatic hydroxyl groups excluding tert-OH is 2. The van der Waals surface area contributed by atoms with Crippen LogP contribution in [0.5, 0.6) is 0 Å². The monoisotopic (exact) mass is 942 g/mol. The first-order valence-electron chi connectivity index (χ1n) is 29.7. The second kappa shape index (κ2) is 56.7. The number of nitrogens with one attached hydrogen (secondary N) is 1. The summed E-state index contributed by atoms with van der Waals surface area (Å²) in [6, 6.07) is -0.540. The molecular weight excluding hydrogens is 827 g/mol. The van der Waals surface area contributed by atoms with Crippen LogP contribution in [0.4, 0.5) is 0 Å². The SMILES string of the molecule is CCC/C=C\C/C=C\CCCCCCCC(=O)OCCCCCCCCCCCCCC/C=C\CCCCCCCCCCCCCC(=O)NC(CO)C(O)CCCCCCCCCCCC. The molecule has 0 aromatic rings. The normalized spacial score (nSPS) is 12.8. The minimum atomic E-state index is -0.663. The van der Waals surface area contributed by atoms with Gasteiger partial charge in [-0.1, -0.05) is 262 Å². The Kier molecular flexibility index (Phi) is 55.0. The van der Waals surface area contributed by atoms with Gasteiger partial charge < -0.3 is 20.3 Å². The highest BCUT2D eigenvalue weighted by Crippen LogP contribution is 2.17. The summed E-state index contributed by atoms with van der Waals surface area (Å²) in [5, 5.41) is 23.1. The molecule has 0 spiro atoms. The molecule has 0 aromatic heterocycles. The van der Waals surface area contributed by atoms with Crippen LogP contribution < -0.4 is 5.32 Å². The van der Waals surface area contributed by atoms with E-state index >= 15 is 0 Å². The van der Waals surface area contributed by atoms with E-state index in [2.05, 4.69) is 55.6 Å².